The highest BCUT2D eigenvalue weighted by atomic mass is 32.2. The zero-order valence-corrected chi connectivity index (χ0v) is 17.6. The van der Waals surface area contributed by atoms with Crippen molar-refractivity contribution in [3.8, 4) is 0 Å². The topological polar surface area (TPSA) is 124 Å². The van der Waals surface area contributed by atoms with Gasteiger partial charge in [-0.25, -0.2) is 14.4 Å². The number of fused-ring (bicyclic) bond motifs is 3. The number of amides is 1. The van der Waals surface area contributed by atoms with Gasteiger partial charge in [0, 0.05) is 17.0 Å². The van der Waals surface area contributed by atoms with Gasteiger partial charge in [-0.3, -0.25) is 14.9 Å². The molecule has 0 bridgehead atoms. The van der Waals surface area contributed by atoms with Crippen molar-refractivity contribution < 1.29 is 14.1 Å². The first-order chi connectivity index (χ1) is 14.3. The Balaban J connectivity index is 1.48. The lowest BCUT2D eigenvalue weighted by atomic mass is 9.89. The van der Waals surface area contributed by atoms with Gasteiger partial charge in [-0.15, -0.1) is 11.3 Å². The third-order valence-corrected chi connectivity index (χ3v) is 6.93. The highest BCUT2D eigenvalue weighted by molar-refractivity contribution is 7.99. The molecular formula is C19H18FN5O3S2. The van der Waals surface area contributed by atoms with Crippen LogP contribution >= 0.6 is 23.1 Å². The molecule has 156 valence electrons. The van der Waals surface area contributed by atoms with Crippen LogP contribution in [-0.4, -0.2) is 26.6 Å². The predicted molar refractivity (Wildman–Crippen MR) is 115 cm³/mol. The average molecular weight is 448 g/mol. The number of aryl methyl sites for hydroxylation is 1. The molecule has 0 radical (unpaired) electrons. The number of benzene rings is 1. The van der Waals surface area contributed by atoms with Crippen LogP contribution in [0.15, 0.2) is 23.4 Å². The quantitative estimate of drug-likeness (QED) is 0.260. The fourth-order valence-corrected chi connectivity index (χ4v) is 5.55. The van der Waals surface area contributed by atoms with Crippen LogP contribution in [-0.2, 0) is 17.6 Å². The Morgan fingerprint density at radius 1 is 1.47 bits per heavy atom. The molecule has 1 aliphatic carbocycles. The molecule has 30 heavy (non-hydrogen) atoms. The standard InChI is InChI=1S/C19H18FN5O3S2/c1-9-2-4-11-14(6-9)30-18-16(11)17(21)23-19(24-18)29-8-15(26)22-13-7-10(25(27)28)3-5-12(13)20/h3,5,7,9H,2,4,6,8H2,1H3,(H,22,26)(H2,21,23,24). The second-order valence-electron chi connectivity index (χ2n) is 7.18. The van der Waals surface area contributed by atoms with Crippen molar-refractivity contribution in [2.75, 3.05) is 16.8 Å². The van der Waals surface area contributed by atoms with Gasteiger partial charge in [0.2, 0.25) is 5.91 Å². The van der Waals surface area contributed by atoms with Crippen molar-refractivity contribution >= 4 is 56.4 Å². The summed E-state index contributed by atoms with van der Waals surface area (Å²) in [5.74, 6) is -0.332. The Morgan fingerprint density at radius 3 is 3.03 bits per heavy atom. The van der Waals surface area contributed by atoms with E-state index in [1.165, 1.54) is 10.4 Å². The molecule has 11 heteroatoms. The van der Waals surface area contributed by atoms with E-state index in [1.54, 1.807) is 11.3 Å². The maximum Gasteiger partial charge on any atom is 0.271 e. The summed E-state index contributed by atoms with van der Waals surface area (Å²) >= 11 is 2.69. The molecule has 0 saturated carbocycles. The van der Waals surface area contributed by atoms with E-state index in [2.05, 4.69) is 22.2 Å². The summed E-state index contributed by atoms with van der Waals surface area (Å²) < 4.78 is 13.8. The molecule has 8 nitrogen and oxygen atoms in total. The van der Waals surface area contributed by atoms with Gasteiger partial charge in [0.1, 0.15) is 16.5 Å². The van der Waals surface area contributed by atoms with E-state index in [-0.39, 0.29) is 17.1 Å². The van der Waals surface area contributed by atoms with E-state index in [9.17, 15) is 19.3 Å². The second-order valence-corrected chi connectivity index (χ2v) is 9.21. The van der Waals surface area contributed by atoms with E-state index >= 15 is 0 Å². The number of nitrogens with one attached hydrogen (secondary N) is 1. The number of nitro benzene ring substituents is 1. The predicted octanol–water partition coefficient (Wildman–Crippen LogP) is 4.18. The fraction of sp³-hybridized carbons (Fsp3) is 0.316. The third kappa shape index (κ3) is 4.08. The molecule has 4 rings (SSSR count). The van der Waals surface area contributed by atoms with Crippen LogP contribution in [0.4, 0.5) is 21.6 Å². The molecule has 2 heterocycles. The fourth-order valence-electron chi connectivity index (χ4n) is 3.45. The molecule has 3 aromatic rings. The largest absolute Gasteiger partial charge is 0.383 e. The minimum Gasteiger partial charge on any atom is -0.383 e. The minimum atomic E-state index is -0.751. The summed E-state index contributed by atoms with van der Waals surface area (Å²) in [6.07, 6.45) is 3.09. The number of hydrogen-bond donors (Lipinski definition) is 2. The number of carbonyl (C=O) groups is 1. The average Bonchev–Trinajstić information content (AvgIpc) is 3.05. The molecule has 1 unspecified atom stereocenters. The first-order valence-corrected chi connectivity index (χ1v) is 11.1. The number of carbonyl (C=O) groups excluding carboxylic acids is 1. The molecule has 1 atom stereocenters. The van der Waals surface area contributed by atoms with Crippen molar-refractivity contribution in [3.63, 3.8) is 0 Å². The van der Waals surface area contributed by atoms with Crippen LogP contribution in [0.1, 0.15) is 23.8 Å². The lowest BCUT2D eigenvalue weighted by Gasteiger charge is -2.17. The summed E-state index contributed by atoms with van der Waals surface area (Å²) in [5, 5.41) is 14.5. The van der Waals surface area contributed by atoms with Gasteiger partial charge >= 0.3 is 0 Å². The number of thiophene rings is 1. The lowest BCUT2D eigenvalue weighted by molar-refractivity contribution is -0.384. The van der Waals surface area contributed by atoms with Crippen LogP contribution in [0.2, 0.25) is 0 Å². The van der Waals surface area contributed by atoms with Gasteiger partial charge in [-0.1, -0.05) is 18.7 Å². The number of nitrogens with zero attached hydrogens (tertiary/aromatic N) is 3. The number of rotatable bonds is 5. The van der Waals surface area contributed by atoms with E-state index in [4.69, 9.17) is 5.73 Å². The van der Waals surface area contributed by atoms with Crippen LogP contribution < -0.4 is 11.1 Å². The Bertz CT molecular complexity index is 1170. The minimum absolute atomic E-state index is 0.0881. The molecule has 0 saturated heterocycles. The Labute approximate surface area is 179 Å². The molecule has 0 spiro atoms. The molecule has 1 aromatic carbocycles. The number of thioether (sulfide) groups is 1. The Morgan fingerprint density at radius 2 is 2.27 bits per heavy atom. The zero-order chi connectivity index (χ0) is 21.4. The second kappa shape index (κ2) is 8.15. The number of non-ortho nitro benzene ring substituents is 1. The SMILES string of the molecule is CC1CCc2c(sc3nc(SCC(=O)Nc4cc([N+](=O)[O-])ccc4F)nc(N)c23)C1. The van der Waals surface area contributed by atoms with Crippen LogP contribution in [0.5, 0.6) is 0 Å². The van der Waals surface area contributed by atoms with Gasteiger partial charge in [-0.05, 0) is 36.8 Å². The maximum absolute atomic E-state index is 13.8. The first kappa shape index (κ1) is 20.5. The summed E-state index contributed by atoms with van der Waals surface area (Å²) in [7, 11) is 0. The molecule has 3 N–H and O–H groups in total. The van der Waals surface area contributed by atoms with E-state index in [1.807, 2.05) is 0 Å². The van der Waals surface area contributed by atoms with E-state index < -0.39 is 16.6 Å². The van der Waals surface area contributed by atoms with Crippen LogP contribution in [0, 0.1) is 21.8 Å². The summed E-state index contributed by atoms with van der Waals surface area (Å²) in [5.41, 5.74) is 6.87. The number of hydrogen-bond acceptors (Lipinski definition) is 8. The van der Waals surface area contributed by atoms with Crippen LogP contribution in [0.3, 0.4) is 0 Å². The van der Waals surface area contributed by atoms with E-state index in [0.717, 1.165) is 59.4 Å². The molecule has 0 aliphatic heterocycles. The molecule has 0 fully saturated rings. The number of nitrogens with two attached hydrogens (primary N) is 1. The molecule has 1 amide bonds. The van der Waals surface area contributed by atoms with Gasteiger partial charge in [-0.2, -0.15) is 0 Å². The number of halogens is 1. The normalized spacial score (nSPS) is 15.7. The maximum atomic E-state index is 13.8. The van der Waals surface area contributed by atoms with E-state index in [0.29, 0.717) is 16.9 Å². The van der Waals surface area contributed by atoms with Gasteiger partial charge in [0.15, 0.2) is 5.16 Å². The third-order valence-electron chi connectivity index (χ3n) is 4.93. The molecule has 2 aromatic heterocycles. The Kier molecular flexibility index (Phi) is 5.56. The smallest absolute Gasteiger partial charge is 0.271 e. The first-order valence-electron chi connectivity index (χ1n) is 9.26. The van der Waals surface area contributed by atoms with Gasteiger partial charge < -0.3 is 11.1 Å². The monoisotopic (exact) mass is 447 g/mol. The summed E-state index contributed by atoms with van der Waals surface area (Å²) in [4.78, 5) is 33.4. The zero-order valence-electron chi connectivity index (χ0n) is 16.0. The summed E-state index contributed by atoms with van der Waals surface area (Å²) in [6.45, 7) is 2.23. The van der Waals surface area contributed by atoms with Crippen molar-refractivity contribution in [2.24, 2.45) is 5.92 Å². The summed E-state index contributed by atoms with van der Waals surface area (Å²) in [6, 6.07) is 2.96. The highest BCUT2D eigenvalue weighted by Gasteiger charge is 2.23. The van der Waals surface area contributed by atoms with Gasteiger partial charge in [0.05, 0.1) is 21.7 Å². The van der Waals surface area contributed by atoms with Crippen molar-refractivity contribution in [3.05, 3.63) is 44.6 Å². The number of anilines is 2. The van der Waals surface area contributed by atoms with Crippen molar-refractivity contribution in [1.82, 2.24) is 9.97 Å². The van der Waals surface area contributed by atoms with Crippen molar-refractivity contribution in [1.29, 1.82) is 0 Å². The Hall–Kier alpha value is -2.79. The lowest BCUT2D eigenvalue weighted by Crippen LogP contribution is -2.15. The molecule has 1 aliphatic rings. The number of nitro groups is 1. The van der Waals surface area contributed by atoms with Crippen LogP contribution in [0.25, 0.3) is 10.2 Å². The van der Waals surface area contributed by atoms with Gasteiger partial charge in [0.25, 0.3) is 5.69 Å². The number of aromatic nitrogens is 2. The highest BCUT2D eigenvalue weighted by Crippen LogP contribution is 2.39. The molecular weight excluding hydrogens is 429 g/mol. The van der Waals surface area contributed by atoms with Crippen molar-refractivity contribution in [2.45, 2.75) is 31.3 Å². The number of nitrogen functional groups attached to an aromatic ring is 1.